The second-order valence-corrected chi connectivity index (χ2v) is 8.89. The second kappa shape index (κ2) is 10.9. The first-order valence-corrected chi connectivity index (χ1v) is 11.8. The molecule has 0 aliphatic carbocycles. The van der Waals surface area contributed by atoms with E-state index in [1.54, 1.807) is 30.5 Å². The number of nitrogens with one attached hydrogen (secondary N) is 1. The molecule has 0 saturated heterocycles. The molecule has 0 aliphatic heterocycles. The van der Waals surface area contributed by atoms with Crippen LogP contribution in [0, 0.1) is 11.3 Å². The number of benzene rings is 2. The number of aromatic hydroxyl groups is 1. The van der Waals surface area contributed by atoms with Crippen LogP contribution in [0.25, 0.3) is 21.7 Å². The van der Waals surface area contributed by atoms with Crippen LogP contribution < -0.4 is 15.0 Å². The van der Waals surface area contributed by atoms with E-state index < -0.39 is 0 Å². The number of rotatable bonds is 9. The molecule has 0 amide bonds. The molecule has 0 aliphatic rings. The van der Waals surface area contributed by atoms with Crippen molar-refractivity contribution in [2.45, 2.75) is 6.42 Å². The number of aromatic nitrogens is 2. The van der Waals surface area contributed by atoms with Gasteiger partial charge in [0.1, 0.15) is 22.6 Å². The van der Waals surface area contributed by atoms with E-state index in [0.29, 0.717) is 36.0 Å². The molecule has 4 aromatic rings. The van der Waals surface area contributed by atoms with Crippen LogP contribution >= 0.6 is 11.3 Å². The topological polar surface area (TPSA) is 115 Å². The SMILES string of the molecule is CN(C)c1sc(-c2ccnc(Nc3cccc(OCCCO)c3)n2)c(-c2cccc(O)c2)c1C#N. The van der Waals surface area contributed by atoms with Gasteiger partial charge in [-0.3, -0.25) is 0 Å². The van der Waals surface area contributed by atoms with E-state index in [0.717, 1.165) is 26.7 Å². The van der Waals surface area contributed by atoms with Crippen molar-refractivity contribution in [2.24, 2.45) is 0 Å². The molecular formula is C26H25N5O3S. The maximum absolute atomic E-state index is 10.1. The predicted octanol–water partition coefficient (Wildman–Crippen LogP) is 5.02. The third-order valence-corrected chi connectivity index (χ3v) is 6.47. The van der Waals surface area contributed by atoms with Crippen LogP contribution in [-0.4, -0.2) is 47.5 Å². The van der Waals surface area contributed by atoms with Gasteiger partial charge >= 0.3 is 0 Å². The average Bonchev–Trinajstić information content (AvgIpc) is 3.25. The molecule has 2 aromatic carbocycles. The van der Waals surface area contributed by atoms with Crippen molar-refractivity contribution < 1.29 is 14.9 Å². The lowest BCUT2D eigenvalue weighted by atomic mass is 10.00. The molecule has 0 bridgehead atoms. The highest BCUT2D eigenvalue weighted by Crippen LogP contribution is 2.46. The summed E-state index contributed by atoms with van der Waals surface area (Å²) >= 11 is 1.46. The Morgan fingerprint density at radius 3 is 2.71 bits per heavy atom. The average molecular weight is 488 g/mol. The van der Waals surface area contributed by atoms with Crippen LogP contribution in [0.5, 0.6) is 11.5 Å². The van der Waals surface area contributed by atoms with E-state index in [1.165, 1.54) is 11.3 Å². The molecule has 2 heterocycles. The number of hydrogen-bond donors (Lipinski definition) is 3. The van der Waals surface area contributed by atoms with Crippen molar-refractivity contribution >= 4 is 28.0 Å². The fourth-order valence-electron chi connectivity index (χ4n) is 3.55. The number of phenols is 1. The number of anilines is 3. The Kier molecular flexibility index (Phi) is 7.45. The van der Waals surface area contributed by atoms with Gasteiger partial charge in [0.2, 0.25) is 5.95 Å². The molecule has 35 heavy (non-hydrogen) atoms. The summed E-state index contributed by atoms with van der Waals surface area (Å²) in [7, 11) is 3.79. The van der Waals surface area contributed by atoms with E-state index in [9.17, 15) is 10.4 Å². The lowest BCUT2D eigenvalue weighted by molar-refractivity contribution is 0.233. The van der Waals surface area contributed by atoms with Crippen molar-refractivity contribution in [3.05, 3.63) is 66.4 Å². The van der Waals surface area contributed by atoms with Crippen LogP contribution in [0.15, 0.2) is 60.8 Å². The monoisotopic (exact) mass is 487 g/mol. The summed E-state index contributed by atoms with van der Waals surface area (Å²) in [6.07, 6.45) is 2.23. The number of aliphatic hydroxyl groups excluding tert-OH is 1. The molecule has 4 rings (SSSR count). The van der Waals surface area contributed by atoms with Gasteiger partial charge in [0.25, 0.3) is 0 Å². The number of ether oxygens (including phenoxy) is 1. The molecule has 0 spiro atoms. The smallest absolute Gasteiger partial charge is 0.227 e. The summed E-state index contributed by atoms with van der Waals surface area (Å²) in [5.41, 5.74) is 3.41. The highest BCUT2D eigenvalue weighted by atomic mass is 32.1. The van der Waals surface area contributed by atoms with E-state index in [4.69, 9.17) is 14.8 Å². The Balaban J connectivity index is 1.72. The standard InChI is InChI=1S/C26H25N5O3S/c1-31(2)25-21(16-27)23(17-6-3-8-19(33)14-17)24(35-25)22-10-11-28-26(30-22)29-18-7-4-9-20(15-18)34-13-5-12-32/h3-4,6-11,14-15,32-33H,5,12-13H2,1-2H3,(H,28,29,30). The lowest BCUT2D eigenvalue weighted by Gasteiger charge is -2.10. The van der Waals surface area contributed by atoms with Crippen LogP contribution in [-0.2, 0) is 0 Å². The Morgan fingerprint density at radius 2 is 1.97 bits per heavy atom. The minimum Gasteiger partial charge on any atom is -0.508 e. The fraction of sp³-hybridized carbons (Fsp3) is 0.192. The molecular weight excluding hydrogens is 462 g/mol. The largest absolute Gasteiger partial charge is 0.508 e. The molecule has 9 heteroatoms. The first-order chi connectivity index (χ1) is 17.0. The van der Waals surface area contributed by atoms with Crippen molar-refractivity contribution in [2.75, 3.05) is 37.5 Å². The number of hydrogen-bond acceptors (Lipinski definition) is 9. The molecule has 0 saturated carbocycles. The van der Waals surface area contributed by atoms with Gasteiger partial charge < -0.3 is 25.2 Å². The van der Waals surface area contributed by atoms with Crippen molar-refractivity contribution in [1.29, 1.82) is 5.26 Å². The van der Waals surface area contributed by atoms with Crippen LogP contribution in [0.4, 0.5) is 16.6 Å². The van der Waals surface area contributed by atoms with Gasteiger partial charge in [0.15, 0.2) is 0 Å². The third kappa shape index (κ3) is 5.51. The summed E-state index contributed by atoms with van der Waals surface area (Å²) in [4.78, 5) is 11.8. The molecule has 0 atom stereocenters. The van der Waals surface area contributed by atoms with Gasteiger partial charge in [-0.25, -0.2) is 9.97 Å². The summed E-state index contributed by atoms with van der Waals surface area (Å²) in [5.74, 6) is 1.20. The summed E-state index contributed by atoms with van der Waals surface area (Å²) < 4.78 is 5.65. The predicted molar refractivity (Wildman–Crippen MR) is 138 cm³/mol. The first kappa shape index (κ1) is 24.0. The summed E-state index contributed by atoms with van der Waals surface area (Å²) in [6.45, 7) is 0.506. The number of aliphatic hydroxyl groups is 1. The van der Waals surface area contributed by atoms with Crippen LogP contribution in [0.1, 0.15) is 12.0 Å². The molecule has 0 radical (unpaired) electrons. The quantitative estimate of drug-likeness (QED) is 0.282. The van der Waals surface area contributed by atoms with Crippen molar-refractivity contribution in [1.82, 2.24) is 9.97 Å². The maximum atomic E-state index is 10.1. The van der Waals surface area contributed by atoms with E-state index in [-0.39, 0.29) is 12.4 Å². The van der Waals surface area contributed by atoms with Crippen molar-refractivity contribution in [3.8, 4) is 39.3 Å². The number of nitriles is 1. The Bertz CT molecular complexity index is 1360. The lowest BCUT2D eigenvalue weighted by Crippen LogP contribution is -2.07. The van der Waals surface area contributed by atoms with E-state index in [2.05, 4.69) is 16.4 Å². The minimum atomic E-state index is 0.0783. The van der Waals surface area contributed by atoms with Crippen LogP contribution in [0.3, 0.4) is 0 Å². The van der Waals surface area contributed by atoms with Crippen molar-refractivity contribution in [3.63, 3.8) is 0 Å². The second-order valence-electron chi connectivity index (χ2n) is 7.89. The summed E-state index contributed by atoms with van der Waals surface area (Å²) in [6, 6.07) is 18.4. The van der Waals surface area contributed by atoms with Gasteiger partial charge in [0, 0.05) is 50.6 Å². The van der Waals surface area contributed by atoms with E-state index in [1.807, 2.05) is 49.3 Å². The fourth-order valence-corrected chi connectivity index (χ4v) is 4.71. The zero-order chi connectivity index (χ0) is 24.8. The molecule has 178 valence electrons. The maximum Gasteiger partial charge on any atom is 0.227 e. The minimum absolute atomic E-state index is 0.0783. The molecule has 0 unspecified atom stereocenters. The van der Waals surface area contributed by atoms with Gasteiger partial charge in [-0.1, -0.05) is 18.2 Å². The first-order valence-electron chi connectivity index (χ1n) is 11.0. The number of nitrogens with zero attached hydrogens (tertiary/aromatic N) is 4. The molecule has 0 fully saturated rings. The van der Waals surface area contributed by atoms with E-state index >= 15 is 0 Å². The van der Waals surface area contributed by atoms with Gasteiger partial charge in [-0.15, -0.1) is 11.3 Å². The highest BCUT2D eigenvalue weighted by Gasteiger charge is 2.23. The summed E-state index contributed by atoms with van der Waals surface area (Å²) in [5, 5.41) is 33.0. The normalized spacial score (nSPS) is 10.6. The molecule has 3 N–H and O–H groups in total. The third-order valence-electron chi connectivity index (χ3n) is 5.09. The Labute approximate surface area is 207 Å². The van der Waals surface area contributed by atoms with Crippen LogP contribution in [0.2, 0.25) is 0 Å². The number of thiophene rings is 1. The molecule has 2 aromatic heterocycles. The highest BCUT2D eigenvalue weighted by molar-refractivity contribution is 7.20. The number of phenolic OH excluding ortho intramolecular Hbond substituents is 1. The van der Waals surface area contributed by atoms with Gasteiger partial charge in [-0.05, 0) is 35.9 Å². The Morgan fingerprint density at radius 1 is 1.14 bits per heavy atom. The van der Waals surface area contributed by atoms with Gasteiger partial charge in [0.05, 0.1) is 22.7 Å². The molecule has 8 nitrogen and oxygen atoms in total. The Hall–Kier alpha value is -4.13. The zero-order valence-electron chi connectivity index (χ0n) is 19.4. The zero-order valence-corrected chi connectivity index (χ0v) is 20.2. The van der Waals surface area contributed by atoms with Gasteiger partial charge in [-0.2, -0.15) is 5.26 Å².